The van der Waals surface area contributed by atoms with E-state index in [9.17, 15) is 23.5 Å². The maximum Gasteiger partial charge on any atom is 0.326 e. The van der Waals surface area contributed by atoms with Crippen LogP contribution in [0.4, 0.5) is 14.6 Å². The lowest BCUT2D eigenvalue weighted by Gasteiger charge is -2.17. The highest BCUT2D eigenvalue weighted by molar-refractivity contribution is 5.69. The molecule has 0 fully saturated rings. The summed E-state index contributed by atoms with van der Waals surface area (Å²) in [5.74, 6) is -5.19. The molecule has 0 bridgehead atoms. The first-order valence-corrected chi connectivity index (χ1v) is 7.32. The second-order valence-electron chi connectivity index (χ2n) is 4.94. The Morgan fingerprint density at radius 2 is 2.16 bits per heavy atom. The molecule has 2 heterocycles. The van der Waals surface area contributed by atoms with Crippen LogP contribution in [0.2, 0.25) is 0 Å². The van der Waals surface area contributed by atoms with Crippen molar-refractivity contribution in [3.05, 3.63) is 46.8 Å². The van der Waals surface area contributed by atoms with Crippen LogP contribution in [0.25, 0.3) is 0 Å². The molecule has 25 heavy (non-hydrogen) atoms. The lowest BCUT2D eigenvalue weighted by molar-refractivity contribution is -0.143. The van der Waals surface area contributed by atoms with Crippen LogP contribution in [0, 0.1) is 0 Å². The third-order valence-electron chi connectivity index (χ3n) is 3.13. The fraction of sp³-hybridized carbons (Fsp3) is 0.333. The van der Waals surface area contributed by atoms with Crippen LogP contribution in [-0.4, -0.2) is 38.8 Å². The first kappa shape index (κ1) is 18.3. The van der Waals surface area contributed by atoms with Crippen LogP contribution in [-0.2, 0) is 22.0 Å². The van der Waals surface area contributed by atoms with Gasteiger partial charge >= 0.3 is 11.9 Å². The fourth-order valence-corrected chi connectivity index (χ4v) is 2.00. The van der Waals surface area contributed by atoms with Crippen molar-refractivity contribution in [2.75, 3.05) is 18.5 Å². The van der Waals surface area contributed by atoms with E-state index in [1.54, 1.807) is 6.92 Å². The first-order valence-electron chi connectivity index (χ1n) is 7.32. The summed E-state index contributed by atoms with van der Waals surface area (Å²) < 4.78 is 34.0. The van der Waals surface area contributed by atoms with E-state index >= 15 is 0 Å². The maximum absolute atomic E-state index is 14.1. The van der Waals surface area contributed by atoms with Gasteiger partial charge in [-0.1, -0.05) is 0 Å². The van der Waals surface area contributed by atoms with Crippen molar-refractivity contribution < 1.29 is 23.4 Å². The number of carbonyl (C=O) groups excluding carboxylic acids is 1. The monoisotopic (exact) mass is 354 g/mol. The summed E-state index contributed by atoms with van der Waals surface area (Å²) in [7, 11) is 0. The lowest BCUT2D eigenvalue weighted by atomic mass is 10.2. The van der Waals surface area contributed by atoms with Gasteiger partial charge in [0.25, 0.3) is 5.56 Å². The van der Waals surface area contributed by atoms with Gasteiger partial charge in [-0.2, -0.15) is 8.78 Å². The summed E-state index contributed by atoms with van der Waals surface area (Å²) in [6, 6.07) is 2.40. The van der Waals surface area contributed by atoms with E-state index in [-0.39, 0.29) is 19.0 Å². The van der Waals surface area contributed by atoms with Crippen molar-refractivity contribution in [3.63, 3.8) is 0 Å². The number of pyridine rings is 1. The molecule has 0 spiro atoms. The number of nitrogens with zero attached hydrogens (tertiary/aromatic N) is 3. The molecule has 0 saturated heterocycles. The molecule has 2 aromatic rings. The van der Waals surface area contributed by atoms with Gasteiger partial charge in [-0.25, -0.2) is 4.98 Å². The number of aromatic hydroxyl groups is 1. The molecule has 0 atom stereocenters. The van der Waals surface area contributed by atoms with E-state index in [0.29, 0.717) is 0 Å². The lowest BCUT2D eigenvalue weighted by Crippen LogP contribution is -2.32. The third kappa shape index (κ3) is 4.49. The van der Waals surface area contributed by atoms with Crippen LogP contribution in [0.15, 0.2) is 35.5 Å². The molecule has 2 N–H and O–H groups in total. The topological polar surface area (TPSA) is 106 Å². The van der Waals surface area contributed by atoms with Crippen LogP contribution < -0.4 is 10.9 Å². The summed E-state index contributed by atoms with van der Waals surface area (Å²) in [5, 5.41) is 11.7. The molecule has 0 radical (unpaired) electrons. The van der Waals surface area contributed by atoms with E-state index in [2.05, 4.69) is 15.3 Å². The minimum Gasteiger partial charge on any atom is -0.506 e. The number of alkyl halides is 2. The summed E-state index contributed by atoms with van der Waals surface area (Å²) >= 11 is 0. The molecule has 0 unspecified atom stereocenters. The van der Waals surface area contributed by atoms with Crippen molar-refractivity contribution >= 4 is 11.8 Å². The quantitative estimate of drug-likeness (QED) is 0.718. The zero-order chi connectivity index (χ0) is 18.4. The molecule has 0 aliphatic heterocycles. The number of aromatic nitrogens is 3. The van der Waals surface area contributed by atoms with Crippen molar-refractivity contribution in [2.45, 2.75) is 19.4 Å². The van der Waals surface area contributed by atoms with E-state index in [0.717, 1.165) is 16.8 Å². The molecule has 0 aromatic carbocycles. The zero-order valence-corrected chi connectivity index (χ0v) is 13.3. The summed E-state index contributed by atoms with van der Waals surface area (Å²) in [6.07, 6.45) is 3.56. The number of nitrogens with one attached hydrogen (secondary N) is 1. The minimum absolute atomic E-state index is 0.156. The van der Waals surface area contributed by atoms with Gasteiger partial charge in [-0.05, 0) is 19.1 Å². The number of esters is 1. The standard InChI is InChI=1S/C15H16F2N4O4/c1-2-25-11(23)8-21-7-6-19-13(14(21)24)20-9-15(16,17)12-10(22)4-3-5-18-12/h3-7,22H,2,8-9H2,1H3,(H,19,20). The maximum atomic E-state index is 14.1. The van der Waals surface area contributed by atoms with E-state index in [1.165, 1.54) is 18.5 Å². The van der Waals surface area contributed by atoms with Crippen LogP contribution in [0.3, 0.4) is 0 Å². The molecule has 2 rings (SSSR count). The molecule has 8 nitrogen and oxygen atoms in total. The summed E-state index contributed by atoms with van der Waals surface area (Å²) in [5.41, 5.74) is -1.57. The Bertz CT molecular complexity index is 810. The van der Waals surface area contributed by atoms with Gasteiger partial charge < -0.3 is 15.2 Å². The summed E-state index contributed by atoms with van der Waals surface area (Å²) in [4.78, 5) is 30.7. The first-order chi connectivity index (χ1) is 11.8. The number of hydrogen-bond donors (Lipinski definition) is 2. The van der Waals surface area contributed by atoms with Gasteiger partial charge in [0.1, 0.15) is 12.3 Å². The average Bonchev–Trinajstić information content (AvgIpc) is 2.56. The van der Waals surface area contributed by atoms with Crippen molar-refractivity contribution in [1.82, 2.24) is 14.5 Å². The van der Waals surface area contributed by atoms with Crippen LogP contribution in [0.1, 0.15) is 12.6 Å². The van der Waals surface area contributed by atoms with Gasteiger partial charge in [0, 0.05) is 18.6 Å². The third-order valence-corrected chi connectivity index (χ3v) is 3.13. The van der Waals surface area contributed by atoms with Gasteiger partial charge in [-0.15, -0.1) is 0 Å². The number of carbonyl (C=O) groups is 1. The van der Waals surface area contributed by atoms with E-state index in [1.807, 2.05) is 0 Å². The minimum atomic E-state index is -3.54. The largest absolute Gasteiger partial charge is 0.506 e. The Morgan fingerprint density at radius 1 is 1.40 bits per heavy atom. The Morgan fingerprint density at radius 3 is 2.84 bits per heavy atom. The van der Waals surface area contributed by atoms with Crippen molar-refractivity contribution in [3.8, 4) is 5.75 Å². The highest BCUT2D eigenvalue weighted by Gasteiger charge is 2.36. The predicted molar refractivity (Wildman–Crippen MR) is 83.4 cm³/mol. The molecular formula is C15H16F2N4O4. The van der Waals surface area contributed by atoms with Gasteiger partial charge in [-0.3, -0.25) is 19.1 Å². The molecule has 2 aromatic heterocycles. The molecule has 134 valence electrons. The van der Waals surface area contributed by atoms with Crippen molar-refractivity contribution in [1.29, 1.82) is 0 Å². The van der Waals surface area contributed by atoms with Gasteiger partial charge in [0.2, 0.25) is 0 Å². The molecule has 0 aliphatic rings. The van der Waals surface area contributed by atoms with Crippen molar-refractivity contribution in [2.24, 2.45) is 0 Å². The molecule has 0 aliphatic carbocycles. The second kappa shape index (κ2) is 7.69. The normalized spacial score (nSPS) is 11.2. The number of ether oxygens (including phenoxy) is 1. The fourth-order valence-electron chi connectivity index (χ4n) is 2.00. The van der Waals surface area contributed by atoms with Gasteiger partial charge in [0.05, 0.1) is 13.2 Å². The Balaban J connectivity index is 2.14. The van der Waals surface area contributed by atoms with Crippen LogP contribution >= 0.6 is 0 Å². The predicted octanol–water partition coefficient (Wildman–Crippen LogP) is 1.11. The highest BCUT2D eigenvalue weighted by Crippen LogP contribution is 2.32. The SMILES string of the molecule is CCOC(=O)Cn1ccnc(NCC(F)(F)c2ncccc2O)c1=O. The number of rotatable bonds is 7. The highest BCUT2D eigenvalue weighted by atomic mass is 19.3. The zero-order valence-electron chi connectivity index (χ0n) is 13.3. The Kier molecular flexibility index (Phi) is 5.63. The molecule has 0 saturated carbocycles. The summed E-state index contributed by atoms with van der Waals surface area (Å²) in [6.45, 7) is 0.406. The second-order valence-corrected chi connectivity index (χ2v) is 4.94. The number of anilines is 1. The van der Waals surface area contributed by atoms with E-state index < -0.39 is 35.4 Å². The number of halogens is 2. The smallest absolute Gasteiger partial charge is 0.326 e. The van der Waals surface area contributed by atoms with Crippen LogP contribution in [0.5, 0.6) is 5.75 Å². The Hall–Kier alpha value is -3.04. The Labute approximate surface area is 141 Å². The van der Waals surface area contributed by atoms with E-state index in [4.69, 9.17) is 4.74 Å². The molecule has 10 heteroatoms. The van der Waals surface area contributed by atoms with Gasteiger partial charge in [0.15, 0.2) is 11.5 Å². The average molecular weight is 354 g/mol. The molecule has 0 amide bonds. The number of hydrogen-bond acceptors (Lipinski definition) is 7. The molecular weight excluding hydrogens is 338 g/mol.